The number of hydrogen-bond donors (Lipinski definition) is 0. The minimum Gasteiger partial charge on any atom is -0.346 e. The van der Waals surface area contributed by atoms with Crippen LogP contribution in [0, 0.1) is 20.8 Å². The lowest BCUT2D eigenvalue weighted by Crippen LogP contribution is -2.29. The second kappa shape index (κ2) is 6.45. The SMILES string of the molecule is Cc1c([C@H]2[C@@H](c3ccccn3)N=C3S[C@@H](C)CN32)c(C)n(C(C)C)c1C. The van der Waals surface area contributed by atoms with Gasteiger partial charge in [-0.1, -0.05) is 24.8 Å². The summed E-state index contributed by atoms with van der Waals surface area (Å²) in [6.45, 7) is 14.7. The Kier molecular flexibility index (Phi) is 4.38. The highest BCUT2D eigenvalue weighted by Crippen LogP contribution is 2.49. The number of aliphatic imine (C=N–C) groups is 1. The van der Waals surface area contributed by atoms with Crippen LogP contribution in [-0.4, -0.2) is 31.4 Å². The molecule has 0 bridgehead atoms. The van der Waals surface area contributed by atoms with Crippen LogP contribution in [0.5, 0.6) is 0 Å². The van der Waals surface area contributed by atoms with E-state index in [1.165, 1.54) is 27.7 Å². The van der Waals surface area contributed by atoms with Crippen molar-refractivity contribution in [2.45, 2.75) is 64.9 Å². The highest BCUT2D eigenvalue weighted by atomic mass is 32.2. The van der Waals surface area contributed by atoms with Crippen molar-refractivity contribution in [1.29, 1.82) is 0 Å². The Balaban J connectivity index is 1.87. The van der Waals surface area contributed by atoms with E-state index in [9.17, 15) is 0 Å². The van der Waals surface area contributed by atoms with Crippen LogP contribution < -0.4 is 0 Å². The van der Waals surface area contributed by atoms with E-state index in [0.29, 0.717) is 11.3 Å². The molecule has 0 aliphatic carbocycles. The van der Waals surface area contributed by atoms with Gasteiger partial charge in [-0.25, -0.2) is 0 Å². The van der Waals surface area contributed by atoms with E-state index in [4.69, 9.17) is 4.99 Å². The average Bonchev–Trinajstić information content (AvgIpc) is 3.18. The number of fused-ring (bicyclic) bond motifs is 1. The quantitative estimate of drug-likeness (QED) is 0.766. The first-order valence-corrected chi connectivity index (χ1v) is 10.4. The maximum Gasteiger partial charge on any atom is 0.160 e. The topological polar surface area (TPSA) is 33.4 Å². The van der Waals surface area contributed by atoms with Crippen LogP contribution in [0.25, 0.3) is 0 Å². The Bertz CT molecular complexity index is 853. The Hall–Kier alpha value is -1.75. The molecule has 1 saturated heterocycles. The normalized spacial score (nSPS) is 25.1. The van der Waals surface area contributed by atoms with Gasteiger partial charge in [0.05, 0.1) is 11.7 Å². The average molecular weight is 369 g/mol. The smallest absolute Gasteiger partial charge is 0.160 e. The summed E-state index contributed by atoms with van der Waals surface area (Å²) in [5.74, 6) is 0. The fraction of sp³-hybridized carbons (Fsp3) is 0.524. The first kappa shape index (κ1) is 17.7. The molecular formula is C21H28N4S. The van der Waals surface area contributed by atoms with Crippen LogP contribution in [-0.2, 0) is 0 Å². The summed E-state index contributed by atoms with van der Waals surface area (Å²) in [4.78, 5) is 12.3. The summed E-state index contributed by atoms with van der Waals surface area (Å²) >= 11 is 1.90. The molecule has 0 spiro atoms. The Morgan fingerprint density at radius 3 is 2.54 bits per heavy atom. The largest absolute Gasteiger partial charge is 0.346 e. The molecule has 0 radical (unpaired) electrons. The van der Waals surface area contributed by atoms with Gasteiger partial charge in [-0.3, -0.25) is 9.98 Å². The number of nitrogens with zero attached hydrogens (tertiary/aromatic N) is 4. The zero-order valence-corrected chi connectivity index (χ0v) is 17.3. The molecule has 2 aliphatic rings. The maximum absolute atomic E-state index is 5.13. The highest BCUT2D eigenvalue weighted by molar-refractivity contribution is 8.14. The molecule has 26 heavy (non-hydrogen) atoms. The molecule has 5 heteroatoms. The van der Waals surface area contributed by atoms with Gasteiger partial charge in [-0.05, 0) is 52.3 Å². The molecule has 2 aromatic rings. The van der Waals surface area contributed by atoms with Gasteiger partial charge in [0.1, 0.15) is 6.04 Å². The Labute approximate surface area is 160 Å². The van der Waals surface area contributed by atoms with Crippen molar-refractivity contribution in [3.63, 3.8) is 0 Å². The summed E-state index contributed by atoms with van der Waals surface area (Å²) in [6.07, 6.45) is 1.88. The summed E-state index contributed by atoms with van der Waals surface area (Å²) in [6, 6.07) is 6.96. The third-order valence-electron chi connectivity index (χ3n) is 5.75. The summed E-state index contributed by atoms with van der Waals surface area (Å²) in [5, 5.41) is 1.78. The monoisotopic (exact) mass is 368 g/mol. The van der Waals surface area contributed by atoms with Gasteiger partial charge in [0.25, 0.3) is 0 Å². The van der Waals surface area contributed by atoms with Crippen molar-refractivity contribution in [2.24, 2.45) is 4.99 Å². The molecule has 2 aromatic heterocycles. The molecule has 0 aromatic carbocycles. The molecule has 3 atom stereocenters. The predicted molar refractivity (Wildman–Crippen MR) is 110 cm³/mol. The molecule has 138 valence electrons. The standard InChI is InChI=1S/C21H28N4S/c1-12(2)25-15(5)14(4)18(16(25)6)20-19(17-9-7-8-10-22-17)23-21-24(20)11-13(3)26-21/h7-10,12-13,19-20H,11H2,1-6H3/t13-,19+,20-/m0/s1. The third-order valence-corrected chi connectivity index (χ3v) is 6.85. The van der Waals surface area contributed by atoms with Crippen LogP contribution in [0.15, 0.2) is 29.4 Å². The minimum atomic E-state index is 0.0750. The van der Waals surface area contributed by atoms with Crippen LogP contribution >= 0.6 is 11.8 Å². The van der Waals surface area contributed by atoms with E-state index in [2.05, 4.69) is 68.1 Å². The molecule has 0 N–H and O–H groups in total. The van der Waals surface area contributed by atoms with E-state index in [1.54, 1.807) is 0 Å². The molecule has 0 unspecified atom stereocenters. The van der Waals surface area contributed by atoms with Crippen molar-refractivity contribution in [2.75, 3.05) is 6.54 Å². The van der Waals surface area contributed by atoms with E-state index in [0.717, 1.165) is 12.2 Å². The van der Waals surface area contributed by atoms with Gasteiger partial charge in [-0.2, -0.15) is 0 Å². The van der Waals surface area contributed by atoms with Crippen LogP contribution in [0.1, 0.15) is 67.1 Å². The van der Waals surface area contributed by atoms with Crippen LogP contribution in [0.2, 0.25) is 0 Å². The predicted octanol–water partition coefficient (Wildman–Crippen LogP) is 4.98. The Morgan fingerprint density at radius 1 is 1.15 bits per heavy atom. The molecule has 4 heterocycles. The van der Waals surface area contributed by atoms with E-state index in [1.807, 2.05) is 24.0 Å². The molecule has 4 nitrogen and oxygen atoms in total. The molecule has 1 fully saturated rings. The third kappa shape index (κ3) is 2.59. The second-order valence-corrected chi connectivity index (χ2v) is 9.22. The zero-order valence-electron chi connectivity index (χ0n) is 16.5. The second-order valence-electron chi connectivity index (χ2n) is 7.81. The molecule has 0 amide bonds. The van der Waals surface area contributed by atoms with Crippen LogP contribution in [0.3, 0.4) is 0 Å². The van der Waals surface area contributed by atoms with Crippen molar-refractivity contribution in [3.8, 4) is 0 Å². The number of thioether (sulfide) groups is 1. The van der Waals surface area contributed by atoms with Crippen molar-refractivity contribution < 1.29 is 0 Å². The fourth-order valence-corrected chi connectivity index (χ4v) is 5.76. The van der Waals surface area contributed by atoms with Crippen molar-refractivity contribution in [3.05, 3.63) is 52.6 Å². The summed E-state index contributed by atoms with van der Waals surface area (Å²) in [7, 11) is 0. The zero-order chi connectivity index (χ0) is 18.6. The van der Waals surface area contributed by atoms with Crippen molar-refractivity contribution >= 4 is 16.9 Å². The molecule has 0 saturated carbocycles. The number of rotatable bonds is 3. The summed E-state index contributed by atoms with van der Waals surface area (Å²) in [5.41, 5.74) is 6.67. The van der Waals surface area contributed by atoms with Gasteiger partial charge in [0.2, 0.25) is 0 Å². The van der Waals surface area contributed by atoms with Gasteiger partial charge in [0.15, 0.2) is 5.17 Å². The van der Waals surface area contributed by atoms with Crippen LogP contribution in [0.4, 0.5) is 0 Å². The molecular weight excluding hydrogens is 340 g/mol. The van der Waals surface area contributed by atoms with Gasteiger partial charge in [0, 0.05) is 41.0 Å². The Morgan fingerprint density at radius 2 is 1.92 bits per heavy atom. The van der Waals surface area contributed by atoms with Gasteiger partial charge < -0.3 is 9.47 Å². The number of aromatic nitrogens is 2. The summed E-state index contributed by atoms with van der Waals surface area (Å²) < 4.78 is 2.48. The van der Waals surface area contributed by atoms with E-state index < -0.39 is 0 Å². The van der Waals surface area contributed by atoms with E-state index in [-0.39, 0.29) is 12.1 Å². The maximum atomic E-state index is 5.13. The first-order chi connectivity index (χ1) is 12.4. The minimum absolute atomic E-state index is 0.0750. The lowest BCUT2D eigenvalue weighted by molar-refractivity contribution is 0.318. The fourth-order valence-electron chi connectivity index (χ4n) is 4.67. The van der Waals surface area contributed by atoms with Gasteiger partial charge in [-0.15, -0.1) is 0 Å². The first-order valence-electron chi connectivity index (χ1n) is 9.50. The highest BCUT2D eigenvalue weighted by Gasteiger charge is 2.45. The van der Waals surface area contributed by atoms with E-state index >= 15 is 0 Å². The lowest BCUT2D eigenvalue weighted by Gasteiger charge is -2.28. The number of pyridine rings is 1. The van der Waals surface area contributed by atoms with Crippen molar-refractivity contribution in [1.82, 2.24) is 14.5 Å². The number of hydrogen-bond acceptors (Lipinski definition) is 4. The molecule has 4 rings (SSSR count). The number of amidine groups is 1. The lowest BCUT2D eigenvalue weighted by atomic mass is 9.93. The van der Waals surface area contributed by atoms with Gasteiger partial charge >= 0.3 is 0 Å². The molecule has 2 aliphatic heterocycles.